The molecule has 2 aromatic carbocycles. The zero-order valence-electron chi connectivity index (χ0n) is 13.6. The summed E-state index contributed by atoms with van der Waals surface area (Å²) in [5.74, 6) is 0.829. The van der Waals surface area contributed by atoms with E-state index < -0.39 is 4.92 Å². The molecule has 2 aromatic rings. The van der Waals surface area contributed by atoms with Crippen molar-refractivity contribution >= 4 is 17.5 Å². The van der Waals surface area contributed by atoms with Crippen molar-refractivity contribution < 1.29 is 19.2 Å². The number of ketones is 1. The molecule has 0 amide bonds. The largest absolute Gasteiger partial charge is 0.497 e. The molecule has 0 aliphatic rings. The molecule has 0 aliphatic heterocycles. The zero-order valence-corrected chi connectivity index (χ0v) is 13.6. The van der Waals surface area contributed by atoms with Crippen molar-refractivity contribution in [2.45, 2.75) is 6.92 Å². The summed E-state index contributed by atoms with van der Waals surface area (Å²) >= 11 is 0. The lowest BCUT2D eigenvalue weighted by Crippen LogP contribution is -2.03. The molecule has 0 heterocycles. The number of ether oxygens (including phenoxy) is 2. The van der Waals surface area contributed by atoms with Crippen LogP contribution in [-0.2, 0) is 0 Å². The number of non-ortho nitro benzene ring substituents is 1. The minimum Gasteiger partial charge on any atom is -0.497 e. The van der Waals surface area contributed by atoms with E-state index in [-0.39, 0.29) is 11.5 Å². The number of nitro groups is 1. The van der Waals surface area contributed by atoms with Crippen LogP contribution in [0.1, 0.15) is 21.5 Å². The molecule has 0 saturated heterocycles. The van der Waals surface area contributed by atoms with E-state index in [4.69, 9.17) is 9.47 Å². The van der Waals surface area contributed by atoms with Gasteiger partial charge in [0, 0.05) is 18.2 Å². The molecule has 124 valence electrons. The van der Waals surface area contributed by atoms with Crippen molar-refractivity contribution in [3.8, 4) is 11.5 Å². The Morgan fingerprint density at radius 3 is 2.33 bits per heavy atom. The van der Waals surface area contributed by atoms with Crippen LogP contribution in [0.4, 0.5) is 5.69 Å². The molecule has 6 heteroatoms. The summed E-state index contributed by atoms with van der Waals surface area (Å²) in [6, 6.07) is 9.36. The number of nitro benzene ring substituents is 1. The number of benzene rings is 2. The fourth-order valence-electron chi connectivity index (χ4n) is 2.28. The monoisotopic (exact) mass is 327 g/mol. The van der Waals surface area contributed by atoms with E-state index in [1.54, 1.807) is 44.4 Å². The van der Waals surface area contributed by atoms with Gasteiger partial charge >= 0.3 is 0 Å². The quantitative estimate of drug-likeness (QED) is 0.349. The van der Waals surface area contributed by atoms with Crippen LogP contribution in [0.5, 0.6) is 11.5 Å². The van der Waals surface area contributed by atoms with Gasteiger partial charge in [0.05, 0.1) is 24.7 Å². The Labute approximate surface area is 139 Å². The molecule has 24 heavy (non-hydrogen) atoms. The number of carbonyl (C=O) groups excluding carboxylic acids is 1. The molecule has 6 nitrogen and oxygen atoms in total. The van der Waals surface area contributed by atoms with E-state index in [2.05, 4.69) is 0 Å². The Morgan fingerprint density at radius 2 is 1.79 bits per heavy atom. The van der Waals surface area contributed by atoms with E-state index in [1.807, 2.05) is 0 Å². The SMILES string of the molecule is COc1cc(C)c(C(=O)/C=C/c2ccc([N+](=O)[O-])cc2)c(OC)c1. The van der Waals surface area contributed by atoms with Crippen molar-refractivity contribution in [3.63, 3.8) is 0 Å². The number of nitrogens with zero attached hydrogens (tertiary/aromatic N) is 1. The van der Waals surface area contributed by atoms with Crippen LogP contribution in [0.3, 0.4) is 0 Å². The predicted octanol–water partition coefficient (Wildman–Crippen LogP) is 3.82. The maximum atomic E-state index is 12.5. The molecule has 0 unspecified atom stereocenters. The van der Waals surface area contributed by atoms with Crippen LogP contribution in [-0.4, -0.2) is 24.9 Å². The summed E-state index contributed by atoms with van der Waals surface area (Å²) < 4.78 is 10.4. The second kappa shape index (κ2) is 7.41. The second-order valence-electron chi connectivity index (χ2n) is 5.07. The molecule has 2 rings (SSSR count). The molecule has 0 N–H and O–H groups in total. The average molecular weight is 327 g/mol. The van der Waals surface area contributed by atoms with Gasteiger partial charge in [0.2, 0.25) is 0 Å². The van der Waals surface area contributed by atoms with Gasteiger partial charge < -0.3 is 9.47 Å². The minimum atomic E-state index is -0.468. The average Bonchev–Trinajstić information content (AvgIpc) is 2.59. The third-order valence-corrected chi connectivity index (χ3v) is 3.51. The molecular weight excluding hydrogens is 310 g/mol. The van der Waals surface area contributed by atoms with E-state index in [0.29, 0.717) is 22.6 Å². The Kier molecular flexibility index (Phi) is 5.31. The number of rotatable bonds is 6. The molecule has 0 spiro atoms. The smallest absolute Gasteiger partial charge is 0.269 e. The van der Waals surface area contributed by atoms with Gasteiger partial charge in [-0.25, -0.2) is 0 Å². The lowest BCUT2D eigenvalue weighted by atomic mass is 10.0. The van der Waals surface area contributed by atoms with Crippen molar-refractivity contribution in [1.29, 1.82) is 0 Å². The van der Waals surface area contributed by atoms with Gasteiger partial charge in [0.1, 0.15) is 11.5 Å². The number of hydrogen-bond donors (Lipinski definition) is 0. The van der Waals surface area contributed by atoms with Gasteiger partial charge in [-0.2, -0.15) is 0 Å². The first-order valence-electron chi connectivity index (χ1n) is 7.15. The lowest BCUT2D eigenvalue weighted by Gasteiger charge is -2.11. The van der Waals surface area contributed by atoms with E-state index >= 15 is 0 Å². The zero-order chi connectivity index (χ0) is 17.7. The van der Waals surface area contributed by atoms with Gasteiger partial charge in [-0.15, -0.1) is 0 Å². The van der Waals surface area contributed by atoms with Crippen LogP contribution in [0.2, 0.25) is 0 Å². The highest BCUT2D eigenvalue weighted by Gasteiger charge is 2.15. The van der Waals surface area contributed by atoms with E-state index in [9.17, 15) is 14.9 Å². The van der Waals surface area contributed by atoms with Gasteiger partial charge in [0.25, 0.3) is 5.69 Å². The molecule has 0 bridgehead atoms. The molecule has 0 atom stereocenters. The number of aryl methyl sites for hydroxylation is 1. The summed E-state index contributed by atoms with van der Waals surface area (Å²) in [6.45, 7) is 1.80. The predicted molar refractivity (Wildman–Crippen MR) is 90.7 cm³/mol. The van der Waals surface area contributed by atoms with Gasteiger partial charge in [0.15, 0.2) is 5.78 Å². The van der Waals surface area contributed by atoms with Crippen LogP contribution < -0.4 is 9.47 Å². The number of methoxy groups -OCH3 is 2. The summed E-state index contributed by atoms with van der Waals surface area (Å²) in [6.07, 6.45) is 3.02. The highest BCUT2D eigenvalue weighted by molar-refractivity contribution is 6.09. The second-order valence-corrected chi connectivity index (χ2v) is 5.07. The first-order valence-corrected chi connectivity index (χ1v) is 7.15. The minimum absolute atomic E-state index is 0.00569. The van der Waals surface area contributed by atoms with Crippen LogP contribution >= 0.6 is 0 Å². The van der Waals surface area contributed by atoms with Gasteiger partial charge in [-0.1, -0.05) is 6.08 Å². The van der Waals surface area contributed by atoms with Gasteiger partial charge in [-0.05, 0) is 42.3 Å². The Balaban J connectivity index is 2.27. The Morgan fingerprint density at radius 1 is 1.12 bits per heavy atom. The third kappa shape index (κ3) is 3.78. The van der Waals surface area contributed by atoms with Crippen LogP contribution in [0.25, 0.3) is 6.08 Å². The third-order valence-electron chi connectivity index (χ3n) is 3.51. The highest BCUT2D eigenvalue weighted by atomic mass is 16.6. The molecule has 0 radical (unpaired) electrons. The molecule has 0 aliphatic carbocycles. The number of hydrogen-bond acceptors (Lipinski definition) is 5. The molecule has 0 fully saturated rings. The summed E-state index contributed by atoms with van der Waals surface area (Å²) in [4.78, 5) is 22.6. The summed E-state index contributed by atoms with van der Waals surface area (Å²) in [7, 11) is 3.04. The van der Waals surface area contributed by atoms with Crippen molar-refractivity contribution in [1.82, 2.24) is 0 Å². The maximum absolute atomic E-state index is 12.5. The lowest BCUT2D eigenvalue weighted by molar-refractivity contribution is -0.384. The normalized spacial score (nSPS) is 10.6. The molecule has 0 aromatic heterocycles. The maximum Gasteiger partial charge on any atom is 0.269 e. The van der Waals surface area contributed by atoms with Crippen molar-refractivity contribution in [3.05, 3.63) is 69.3 Å². The fraction of sp³-hybridized carbons (Fsp3) is 0.167. The van der Waals surface area contributed by atoms with Crippen molar-refractivity contribution in [2.24, 2.45) is 0 Å². The fourth-order valence-corrected chi connectivity index (χ4v) is 2.28. The topological polar surface area (TPSA) is 78.7 Å². The van der Waals surface area contributed by atoms with E-state index in [0.717, 1.165) is 5.56 Å². The number of allylic oxidation sites excluding steroid dienone is 1. The number of carbonyl (C=O) groups is 1. The molecular formula is C18H17NO5. The first-order chi connectivity index (χ1) is 11.5. The standard InChI is InChI=1S/C18H17NO5/c1-12-10-15(23-2)11-17(24-3)18(12)16(20)9-6-13-4-7-14(8-5-13)19(21)22/h4-11H,1-3H3/b9-6+. The first kappa shape index (κ1) is 17.2. The van der Waals surface area contributed by atoms with Crippen LogP contribution in [0.15, 0.2) is 42.5 Å². The van der Waals surface area contributed by atoms with E-state index in [1.165, 1.54) is 25.3 Å². The Hall–Kier alpha value is -3.15. The Bertz CT molecular complexity index is 794. The summed E-state index contributed by atoms with van der Waals surface area (Å²) in [5.41, 5.74) is 1.89. The summed E-state index contributed by atoms with van der Waals surface area (Å²) in [5, 5.41) is 10.6. The highest BCUT2D eigenvalue weighted by Crippen LogP contribution is 2.29. The van der Waals surface area contributed by atoms with Crippen LogP contribution in [0, 0.1) is 17.0 Å². The molecule has 0 saturated carbocycles. The van der Waals surface area contributed by atoms with Gasteiger partial charge in [-0.3, -0.25) is 14.9 Å². The van der Waals surface area contributed by atoms with Crippen molar-refractivity contribution in [2.75, 3.05) is 14.2 Å².